The van der Waals surface area contributed by atoms with E-state index in [0.717, 1.165) is 0 Å². The molecule has 2 heterocycles. The van der Waals surface area contributed by atoms with Crippen molar-refractivity contribution in [3.05, 3.63) is 24.3 Å². The Labute approximate surface area is 250 Å². The highest BCUT2D eigenvalue weighted by Crippen LogP contribution is 2.56. The molecule has 6 aliphatic rings. The minimum atomic E-state index is -1.12. The van der Waals surface area contributed by atoms with Gasteiger partial charge >= 0.3 is 23.9 Å². The van der Waals surface area contributed by atoms with Crippen LogP contribution in [0.2, 0.25) is 0 Å². The molecule has 2 saturated carbocycles. The van der Waals surface area contributed by atoms with Crippen molar-refractivity contribution < 1.29 is 47.7 Å². The second-order valence-corrected chi connectivity index (χ2v) is 14.2. The smallest absolute Gasteiger partial charge is 0.317 e. The van der Waals surface area contributed by atoms with Crippen molar-refractivity contribution in [1.29, 1.82) is 0 Å². The quantitative estimate of drug-likeness (QED) is 0.270. The summed E-state index contributed by atoms with van der Waals surface area (Å²) in [6.45, 7) is 10.9. The van der Waals surface area contributed by atoms with Gasteiger partial charge in [-0.15, -0.1) is 0 Å². The highest BCUT2D eigenvalue weighted by molar-refractivity contribution is 6.00. The maximum atomic E-state index is 13.5. The molecule has 4 aliphatic carbocycles. The molecule has 10 nitrogen and oxygen atoms in total. The lowest BCUT2D eigenvalue weighted by Gasteiger charge is -2.41. The Hall–Kier alpha value is -3.30. The molecular formula is C33H40O10. The normalized spacial score (nSPS) is 48.0. The van der Waals surface area contributed by atoms with Gasteiger partial charge in [0.25, 0.3) is 0 Å². The molecule has 43 heavy (non-hydrogen) atoms. The van der Waals surface area contributed by atoms with E-state index in [9.17, 15) is 28.8 Å². The molecule has 0 N–H and O–H groups in total. The molecule has 10 heteroatoms. The molecule has 0 aromatic carbocycles. The van der Waals surface area contributed by atoms with Crippen molar-refractivity contribution in [2.45, 2.75) is 85.2 Å². The molecule has 0 radical (unpaired) electrons. The molecule has 0 bridgehead atoms. The Kier molecular flexibility index (Phi) is 7.01. The monoisotopic (exact) mass is 596 g/mol. The second kappa shape index (κ2) is 10.1. The maximum absolute atomic E-state index is 13.5. The number of ether oxygens (including phenoxy) is 4. The highest BCUT2D eigenvalue weighted by Gasteiger charge is 2.64. The standard InChI is InChI=1S/C33H40O10/c1-14-11-20-26(16(3)30(38)40-20)28(32(5)18(14)7-9-22(32)34)42-24(36)13-25(37)43-29-27-17(4)31(39)41-21(27)12-15(2)19-8-10-23(35)33(19,29)6/h7-10,14-21,26-29H,11-13H2,1-6H3/t14-,15-,16+,17+,18+,19+,20-,21-,26-,27-,28+,29+,32+,33+/m1/s1. The molecule has 6 rings (SSSR count). The SMILES string of the molecule is C[C@@H]1C[C@H]2OC(=O)[C@@H](C)[C@H]2[C@H](OC(=O)CC(=O)O[C@H]2[C@@H]3[C@H](C)C(=O)O[C@@H]3C[C@@H](C)[C@@H]3C=CC(=O)[C@]32C)[C@]2(C)C(=O)C=C[C@@H]12. The zero-order valence-electron chi connectivity index (χ0n) is 25.4. The third-order valence-corrected chi connectivity index (χ3v) is 11.8. The van der Waals surface area contributed by atoms with Crippen LogP contribution in [-0.2, 0) is 47.7 Å². The summed E-state index contributed by atoms with van der Waals surface area (Å²) in [7, 11) is 0. The van der Waals surface area contributed by atoms with Crippen LogP contribution in [0.1, 0.15) is 60.8 Å². The maximum Gasteiger partial charge on any atom is 0.317 e. The van der Waals surface area contributed by atoms with E-state index >= 15 is 0 Å². The summed E-state index contributed by atoms with van der Waals surface area (Å²) in [5.41, 5.74) is -2.24. The summed E-state index contributed by atoms with van der Waals surface area (Å²) in [5, 5.41) is 0. The summed E-state index contributed by atoms with van der Waals surface area (Å²) in [4.78, 5) is 78.8. The fraction of sp³-hybridized carbons (Fsp3) is 0.697. The lowest BCUT2D eigenvalue weighted by Crippen LogP contribution is -2.51. The number of esters is 4. The lowest BCUT2D eigenvalue weighted by atomic mass is 9.66. The van der Waals surface area contributed by atoms with Gasteiger partial charge in [0.2, 0.25) is 0 Å². The lowest BCUT2D eigenvalue weighted by molar-refractivity contribution is -0.177. The van der Waals surface area contributed by atoms with Gasteiger partial charge < -0.3 is 18.9 Å². The first-order chi connectivity index (χ1) is 20.2. The van der Waals surface area contributed by atoms with Crippen molar-refractivity contribution in [3.8, 4) is 0 Å². The first-order valence-corrected chi connectivity index (χ1v) is 15.4. The zero-order chi connectivity index (χ0) is 31.2. The largest absolute Gasteiger partial charge is 0.462 e. The number of hydrogen-bond donors (Lipinski definition) is 0. The van der Waals surface area contributed by atoms with Crippen LogP contribution in [-0.4, -0.2) is 59.9 Å². The molecule has 2 saturated heterocycles. The molecule has 0 spiro atoms. The van der Waals surface area contributed by atoms with E-state index in [4.69, 9.17) is 18.9 Å². The van der Waals surface area contributed by atoms with Crippen LogP contribution in [0.25, 0.3) is 0 Å². The van der Waals surface area contributed by atoms with Gasteiger partial charge in [-0.1, -0.05) is 39.8 Å². The van der Waals surface area contributed by atoms with Gasteiger partial charge in [0.1, 0.15) is 30.8 Å². The van der Waals surface area contributed by atoms with Crippen LogP contribution in [0, 0.1) is 58.2 Å². The fourth-order valence-corrected chi connectivity index (χ4v) is 9.36. The average Bonchev–Trinajstić information content (AvgIpc) is 3.56. The Morgan fingerprint density at radius 3 is 1.47 bits per heavy atom. The summed E-state index contributed by atoms with van der Waals surface area (Å²) in [6, 6.07) is 0. The third-order valence-electron chi connectivity index (χ3n) is 11.8. The Morgan fingerprint density at radius 1 is 0.721 bits per heavy atom. The van der Waals surface area contributed by atoms with E-state index in [1.807, 2.05) is 26.0 Å². The Bertz CT molecular complexity index is 1250. The molecular weight excluding hydrogens is 556 g/mol. The van der Waals surface area contributed by atoms with E-state index in [2.05, 4.69) is 0 Å². The molecule has 0 unspecified atom stereocenters. The van der Waals surface area contributed by atoms with E-state index in [1.165, 1.54) is 12.2 Å². The summed E-state index contributed by atoms with van der Waals surface area (Å²) in [6.07, 6.45) is 3.97. The van der Waals surface area contributed by atoms with Crippen molar-refractivity contribution >= 4 is 35.4 Å². The summed E-state index contributed by atoms with van der Waals surface area (Å²) >= 11 is 0. The molecule has 232 valence electrons. The molecule has 14 atom stereocenters. The number of fused-ring (bicyclic) bond motifs is 4. The number of ketones is 2. The van der Waals surface area contributed by atoms with Crippen LogP contribution >= 0.6 is 0 Å². The minimum Gasteiger partial charge on any atom is -0.462 e. The molecule has 0 aromatic rings. The molecule has 4 fully saturated rings. The van der Waals surface area contributed by atoms with Crippen molar-refractivity contribution in [2.75, 3.05) is 0 Å². The van der Waals surface area contributed by atoms with Gasteiger partial charge in [-0.05, 0) is 62.5 Å². The third kappa shape index (κ3) is 4.25. The first kappa shape index (κ1) is 29.8. The Balaban J connectivity index is 1.25. The van der Waals surface area contributed by atoms with E-state index in [-0.39, 0.29) is 35.2 Å². The number of carbonyl (C=O) groups is 6. The van der Waals surface area contributed by atoms with Crippen molar-refractivity contribution in [3.63, 3.8) is 0 Å². The van der Waals surface area contributed by atoms with Gasteiger partial charge in [-0.25, -0.2) is 0 Å². The number of carbonyl (C=O) groups excluding carboxylic acids is 6. The molecule has 2 aliphatic heterocycles. The van der Waals surface area contributed by atoms with Gasteiger partial charge in [0, 0.05) is 11.8 Å². The number of allylic oxidation sites excluding steroid dienone is 4. The predicted molar refractivity (Wildman–Crippen MR) is 148 cm³/mol. The number of rotatable bonds is 4. The van der Waals surface area contributed by atoms with Crippen molar-refractivity contribution in [2.24, 2.45) is 58.2 Å². The minimum absolute atomic E-state index is 0.0119. The van der Waals surface area contributed by atoms with Gasteiger partial charge in [-0.3, -0.25) is 28.8 Å². The van der Waals surface area contributed by atoms with Gasteiger partial charge in [0.15, 0.2) is 11.6 Å². The van der Waals surface area contributed by atoms with Crippen LogP contribution in [0.4, 0.5) is 0 Å². The van der Waals surface area contributed by atoms with E-state index < -0.39 is 89.2 Å². The van der Waals surface area contributed by atoms with Crippen LogP contribution in [0.3, 0.4) is 0 Å². The second-order valence-electron chi connectivity index (χ2n) is 14.2. The fourth-order valence-electron chi connectivity index (χ4n) is 9.36. The predicted octanol–water partition coefficient (Wildman–Crippen LogP) is 3.16. The van der Waals surface area contributed by atoms with Gasteiger partial charge in [-0.2, -0.15) is 0 Å². The average molecular weight is 597 g/mol. The zero-order valence-corrected chi connectivity index (χ0v) is 25.4. The number of hydrogen-bond acceptors (Lipinski definition) is 10. The van der Waals surface area contributed by atoms with Crippen LogP contribution < -0.4 is 0 Å². The summed E-state index contributed by atoms with van der Waals surface area (Å²) in [5.74, 6) is -5.77. The summed E-state index contributed by atoms with van der Waals surface area (Å²) < 4.78 is 23.4. The van der Waals surface area contributed by atoms with E-state index in [0.29, 0.717) is 12.8 Å². The Morgan fingerprint density at radius 2 is 1.09 bits per heavy atom. The highest BCUT2D eigenvalue weighted by atomic mass is 16.6. The molecule has 0 aromatic heterocycles. The van der Waals surface area contributed by atoms with Gasteiger partial charge in [0.05, 0.1) is 22.7 Å². The first-order valence-electron chi connectivity index (χ1n) is 15.4. The topological polar surface area (TPSA) is 139 Å². The molecule has 0 amide bonds. The van der Waals surface area contributed by atoms with Crippen LogP contribution in [0.15, 0.2) is 24.3 Å². The van der Waals surface area contributed by atoms with E-state index in [1.54, 1.807) is 27.7 Å². The van der Waals surface area contributed by atoms with Crippen LogP contribution in [0.5, 0.6) is 0 Å². The van der Waals surface area contributed by atoms with Crippen molar-refractivity contribution in [1.82, 2.24) is 0 Å².